The minimum absolute atomic E-state index is 0.210. The summed E-state index contributed by atoms with van der Waals surface area (Å²) in [6.07, 6.45) is 9.52. The van der Waals surface area contributed by atoms with Crippen LogP contribution in [0.5, 0.6) is 0 Å². The summed E-state index contributed by atoms with van der Waals surface area (Å²) in [5.41, 5.74) is 0.702. The zero-order chi connectivity index (χ0) is 19.4. The van der Waals surface area contributed by atoms with Crippen LogP contribution in [0.3, 0.4) is 0 Å². The highest BCUT2D eigenvalue weighted by Gasteiger charge is 2.24. The van der Waals surface area contributed by atoms with E-state index >= 15 is 0 Å². The van der Waals surface area contributed by atoms with E-state index in [1.165, 1.54) is 42.3 Å². The molecule has 0 spiro atoms. The summed E-state index contributed by atoms with van der Waals surface area (Å²) in [5, 5.41) is 4.98. The van der Waals surface area contributed by atoms with Gasteiger partial charge in [0.2, 0.25) is 0 Å². The molecular weight excluding hydrogens is 376 g/mol. The van der Waals surface area contributed by atoms with E-state index in [1.54, 1.807) is 18.0 Å². The molecule has 1 heterocycles. The number of hydrogen-bond donors (Lipinski definition) is 0. The Kier molecular flexibility index (Phi) is 6.69. The topological polar surface area (TPSA) is 34.9 Å². The molecule has 0 bridgehead atoms. The van der Waals surface area contributed by atoms with Crippen molar-refractivity contribution < 1.29 is 0 Å². The molecule has 1 aromatic heterocycles. The van der Waals surface area contributed by atoms with Gasteiger partial charge in [0.05, 0.1) is 16.6 Å². The van der Waals surface area contributed by atoms with Crippen LogP contribution in [0.2, 0.25) is 5.02 Å². The van der Waals surface area contributed by atoms with Crippen molar-refractivity contribution in [3.05, 3.63) is 57.5 Å². The summed E-state index contributed by atoms with van der Waals surface area (Å²) in [6, 6.07) is 10.6. The molecule has 1 aliphatic rings. The molecule has 0 aliphatic heterocycles. The molecule has 1 aromatic carbocycles. The summed E-state index contributed by atoms with van der Waals surface area (Å²) < 4.78 is 1.47. The zero-order valence-electron chi connectivity index (χ0n) is 16.5. The standard InChI is InChI=1S/C22H29ClN2OS/c1-22(2,3)25-21(26)20(23)19(15-24-25)27-18(17-12-8-5-9-13-17)14-16-10-6-4-7-11-16/h5,8-9,12-13,15-16,18H,4,6-7,10-11,14H2,1-3H3. The Morgan fingerprint density at radius 3 is 2.48 bits per heavy atom. The van der Waals surface area contributed by atoms with Gasteiger partial charge in [-0.2, -0.15) is 5.10 Å². The van der Waals surface area contributed by atoms with E-state index in [0.29, 0.717) is 5.25 Å². The highest BCUT2D eigenvalue weighted by atomic mass is 35.5. The molecule has 0 amide bonds. The predicted molar refractivity (Wildman–Crippen MR) is 115 cm³/mol. The molecule has 146 valence electrons. The number of halogens is 1. The minimum atomic E-state index is -0.384. The van der Waals surface area contributed by atoms with Crippen LogP contribution >= 0.6 is 23.4 Å². The lowest BCUT2D eigenvalue weighted by molar-refractivity contribution is 0.335. The van der Waals surface area contributed by atoms with Crippen molar-refractivity contribution in [2.45, 2.75) is 75.0 Å². The van der Waals surface area contributed by atoms with Gasteiger partial charge in [-0.1, -0.05) is 74.0 Å². The van der Waals surface area contributed by atoms with Crippen LogP contribution in [0.1, 0.15) is 70.1 Å². The number of thioether (sulfide) groups is 1. The van der Waals surface area contributed by atoms with E-state index in [1.807, 2.05) is 26.8 Å². The second kappa shape index (κ2) is 8.83. The second-order valence-electron chi connectivity index (χ2n) is 8.47. The van der Waals surface area contributed by atoms with Crippen LogP contribution in [0.15, 0.2) is 46.2 Å². The van der Waals surface area contributed by atoms with E-state index in [4.69, 9.17) is 11.6 Å². The molecule has 3 rings (SSSR count). The highest BCUT2D eigenvalue weighted by molar-refractivity contribution is 7.99. The normalized spacial score (nSPS) is 17.0. The number of nitrogens with zero attached hydrogens (tertiary/aromatic N) is 2. The van der Waals surface area contributed by atoms with E-state index in [-0.39, 0.29) is 16.1 Å². The predicted octanol–water partition coefficient (Wildman–Crippen LogP) is 6.46. The molecule has 27 heavy (non-hydrogen) atoms. The Labute approximate surface area is 171 Å². The maximum atomic E-state index is 12.7. The summed E-state index contributed by atoms with van der Waals surface area (Å²) >= 11 is 8.17. The summed E-state index contributed by atoms with van der Waals surface area (Å²) in [7, 11) is 0. The lowest BCUT2D eigenvalue weighted by atomic mass is 9.85. The average molecular weight is 405 g/mol. The van der Waals surface area contributed by atoms with Crippen molar-refractivity contribution in [1.29, 1.82) is 0 Å². The van der Waals surface area contributed by atoms with Gasteiger partial charge in [-0.25, -0.2) is 4.68 Å². The van der Waals surface area contributed by atoms with Crippen LogP contribution in [0.25, 0.3) is 0 Å². The fourth-order valence-electron chi connectivity index (χ4n) is 3.78. The molecule has 0 radical (unpaired) electrons. The fraction of sp³-hybridized carbons (Fsp3) is 0.545. The van der Waals surface area contributed by atoms with Gasteiger partial charge >= 0.3 is 0 Å². The first kappa shape index (κ1) is 20.5. The Morgan fingerprint density at radius 2 is 1.85 bits per heavy atom. The third-order valence-electron chi connectivity index (χ3n) is 5.24. The second-order valence-corrected chi connectivity index (χ2v) is 10.1. The summed E-state index contributed by atoms with van der Waals surface area (Å²) in [5.74, 6) is 0.748. The van der Waals surface area contributed by atoms with E-state index in [9.17, 15) is 4.79 Å². The maximum absolute atomic E-state index is 12.7. The molecule has 5 heteroatoms. The third-order valence-corrected chi connectivity index (χ3v) is 7.02. The lowest BCUT2D eigenvalue weighted by Crippen LogP contribution is -2.36. The van der Waals surface area contributed by atoms with Gasteiger partial charge in [-0.05, 0) is 38.7 Å². The smallest absolute Gasteiger partial charge is 0.266 e. The minimum Gasteiger partial charge on any atom is -0.266 e. The molecule has 0 saturated heterocycles. The quantitative estimate of drug-likeness (QED) is 0.536. The molecule has 1 fully saturated rings. The first-order valence-corrected chi connectivity index (χ1v) is 11.1. The molecule has 1 unspecified atom stereocenters. The Morgan fingerprint density at radius 1 is 1.19 bits per heavy atom. The van der Waals surface area contributed by atoms with Crippen molar-refractivity contribution in [1.82, 2.24) is 9.78 Å². The number of rotatable bonds is 5. The number of aromatic nitrogens is 2. The Balaban J connectivity index is 1.88. The van der Waals surface area contributed by atoms with Gasteiger partial charge in [0, 0.05) is 5.25 Å². The van der Waals surface area contributed by atoms with E-state index in [2.05, 4.69) is 29.4 Å². The molecule has 0 N–H and O–H groups in total. The molecule has 1 atom stereocenters. The van der Waals surface area contributed by atoms with Gasteiger partial charge in [-0.3, -0.25) is 4.79 Å². The van der Waals surface area contributed by atoms with Crippen molar-refractivity contribution in [2.75, 3.05) is 0 Å². The Bertz CT molecular complexity index is 807. The molecular formula is C22H29ClN2OS. The number of hydrogen-bond acceptors (Lipinski definition) is 3. The van der Waals surface area contributed by atoms with Crippen molar-refractivity contribution >= 4 is 23.4 Å². The van der Waals surface area contributed by atoms with Crippen molar-refractivity contribution in [3.63, 3.8) is 0 Å². The van der Waals surface area contributed by atoms with Crippen molar-refractivity contribution in [3.8, 4) is 0 Å². The largest absolute Gasteiger partial charge is 0.287 e. The van der Waals surface area contributed by atoms with Crippen molar-refractivity contribution in [2.24, 2.45) is 5.92 Å². The average Bonchev–Trinajstić information content (AvgIpc) is 2.65. The van der Waals surface area contributed by atoms with E-state index < -0.39 is 0 Å². The monoisotopic (exact) mass is 404 g/mol. The molecule has 3 nitrogen and oxygen atoms in total. The first-order valence-electron chi connectivity index (χ1n) is 9.86. The highest BCUT2D eigenvalue weighted by Crippen LogP contribution is 2.43. The maximum Gasteiger partial charge on any atom is 0.287 e. The van der Waals surface area contributed by atoms with Gasteiger partial charge in [0.1, 0.15) is 5.02 Å². The van der Waals surface area contributed by atoms with Crippen LogP contribution < -0.4 is 5.56 Å². The van der Waals surface area contributed by atoms with Gasteiger partial charge in [0.15, 0.2) is 0 Å². The van der Waals surface area contributed by atoms with Crippen LogP contribution in [-0.2, 0) is 5.54 Å². The van der Waals surface area contributed by atoms with E-state index in [0.717, 1.165) is 17.2 Å². The molecule has 1 aliphatic carbocycles. The molecule has 2 aromatic rings. The van der Waals surface area contributed by atoms with Gasteiger partial charge in [-0.15, -0.1) is 11.8 Å². The summed E-state index contributed by atoms with van der Waals surface area (Å²) in [4.78, 5) is 13.5. The number of benzene rings is 1. The van der Waals surface area contributed by atoms with Gasteiger partial charge < -0.3 is 0 Å². The first-order chi connectivity index (χ1) is 12.9. The molecule has 1 saturated carbocycles. The zero-order valence-corrected chi connectivity index (χ0v) is 18.0. The van der Waals surface area contributed by atoms with Gasteiger partial charge in [0.25, 0.3) is 5.56 Å². The summed E-state index contributed by atoms with van der Waals surface area (Å²) in [6.45, 7) is 5.88. The fourth-order valence-corrected chi connectivity index (χ4v) is 5.31. The van der Waals surface area contributed by atoms with Crippen LogP contribution in [0, 0.1) is 5.92 Å². The third kappa shape index (κ3) is 5.17. The van der Waals surface area contributed by atoms with Crippen LogP contribution in [-0.4, -0.2) is 9.78 Å². The Hall–Kier alpha value is -1.26. The SMILES string of the molecule is CC(C)(C)n1ncc(SC(CC2CCCCC2)c2ccccc2)c(Cl)c1=O. The van der Waals surface area contributed by atoms with Crippen LogP contribution in [0.4, 0.5) is 0 Å². The lowest BCUT2D eigenvalue weighted by Gasteiger charge is -2.27.